The average molecular weight is 331 g/mol. The first kappa shape index (κ1) is 17.4. The molecule has 2 amide bonds. The van der Waals surface area contributed by atoms with E-state index in [4.69, 9.17) is 0 Å². The summed E-state index contributed by atoms with van der Waals surface area (Å²) in [6, 6.07) is 4.86. The van der Waals surface area contributed by atoms with E-state index < -0.39 is 6.36 Å². The predicted molar refractivity (Wildman–Crippen MR) is 80.4 cm³/mol. The average Bonchev–Trinajstić information content (AvgIpc) is 2.49. The molecule has 1 aliphatic heterocycles. The number of piperidine rings is 1. The van der Waals surface area contributed by atoms with Crippen molar-refractivity contribution in [2.45, 2.75) is 19.2 Å². The molecule has 23 heavy (non-hydrogen) atoms. The van der Waals surface area contributed by atoms with Gasteiger partial charge in [-0.3, -0.25) is 0 Å². The largest absolute Gasteiger partial charge is 0.573 e. The summed E-state index contributed by atoms with van der Waals surface area (Å²) in [5.74, 6) is 0.256. The van der Waals surface area contributed by atoms with E-state index in [1.54, 1.807) is 4.90 Å². The molecule has 0 saturated carbocycles. The molecule has 2 rings (SSSR count). The van der Waals surface area contributed by atoms with Gasteiger partial charge in [-0.05, 0) is 56.6 Å². The highest BCUT2D eigenvalue weighted by Crippen LogP contribution is 2.24. The summed E-state index contributed by atoms with van der Waals surface area (Å²) in [5, 5.41) is 5.81. The molecule has 128 valence electrons. The molecule has 0 aliphatic carbocycles. The van der Waals surface area contributed by atoms with Crippen molar-refractivity contribution in [2.75, 3.05) is 32.0 Å². The Bertz CT molecular complexity index is 512. The van der Waals surface area contributed by atoms with Crippen molar-refractivity contribution in [3.63, 3.8) is 0 Å². The van der Waals surface area contributed by atoms with Crippen molar-refractivity contribution >= 4 is 11.7 Å². The fourth-order valence-corrected chi connectivity index (χ4v) is 2.57. The zero-order chi connectivity index (χ0) is 16.9. The Hall–Kier alpha value is -1.96. The number of rotatable bonds is 4. The summed E-state index contributed by atoms with van der Waals surface area (Å²) in [6.07, 6.45) is -2.85. The number of alkyl halides is 3. The second-order valence-electron chi connectivity index (χ2n) is 5.49. The van der Waals surface area contributed by atoms with Crippen LogP contribution in [0.1, 0.15) is 12.8 Å². The third-order valence-electron chi connectivity index (χ3n) is 3.73. The molecule has 1 saturated heterocycles. The lowest BCUT2D eigenvalue weighted by molar-refractivity contribution is -0.274. The molecule has 0 spiro atoms. The zero-order valence-electron chi connectivity index (χ0n) is 12.8. The lowest BCUT2D eigenvalue weighted by Gasteiger charge is -2.31. The molecule has 0 atom stereocenters. The summed E-state index contributed by atoms with van der Waals surface area (Å²) < 4.78 is 40.0. The Balaban J connectivity index is 1.84. The first-order chi connectivity index (χ1) is 10.9. The Kier molecular flexibility index (Phi) is 5.70. The lowest BCUT2D eigenvalue weighted by atomic mass is 9.97. The standard InChI is InChI=1S/C15H20F3N3O2/c1-19-10-11-6-8-21(9-7-11)14(22)20-12-2-4-13(5-3-12)23-15(16,17)18/h2-5,11,19H,6-10H2,1H3,(H,20,22). The van der Waals surface area contributed by atoms with Crippen molar-refractivity contribution in [3.05, 3.63) is 24.3 Å². The van der Waals surface area contributed by atoms with Crippen molar-refractivity contribution in [3.8, 4) is 5.75 Å². The minimum Gasteiger partial charge on any atom is -0.406 e. The number of nitrogens with one attached hydrogen (secondary N) is 2. The summed E-state index contributed by atoms with van der Waals surface area (Å²) >= 11 is 0. The van der Waals surface area contributed by atoms with E-state index in [2.05, 4.69) is 15.4 Å². The number of likely N-dealkylation sites (tertiary alicyclic amines) is 1. The quantitative estimate of drug-likeness (QED) is 0.892. The molecule has 1 aromatic carbocycles. The van der Waals surface area contributed by atoms with Gasteiger partial charge in [-0.15, -0.1) is 13.2 Å². The van der Waals surface area contributed by atoms with E-state index in [0.717, 1.165) is 19.4 Å². The number of nitrogens with zero attached hydrogens (tertiary/aromatic N) is 1. The number of amides is 2. The number of halogens is 3. The Morgan fingerprint density at radius 3 is 2.39 bits per heavy atom. The van der Waals surface area contributed by atoms with Gasteiger partial charge in [-0.2, -0.15) is 0 Å². The molecule has 2 N–H and O–H groups in total. The van der Waals surface area contributed by atoms with Gasteiger partial charge in [0.1, 0.15) is 5.75 Å². The summed E-state index contributed by atoms with van der Waals surface area (Å²) in [5.41, 5.74) is 0.432. The second kappa shape index (κ2) is 7.54. The van der Waals surface area contributed by atoms with Crippen LogP contribution < -0.4 is 15.4 Å². The van der Waals surface area contributed by atoms with Crippen LogP contribution in [0.25, 0.3) is 0 Å². The smallest absolute Gasteiger partial charge is 0.406 e. The third-order valence-corrected chi connectivity index (χ3v) is 3.73. The van der Waals surface area contributed by atoms with E-state index in [9.17, 15) is 18.0 Å². The molecule has 0 aromatic heterocycles. The maximum Gasteiger partial charge on any atom is 0.573 e. The molecular weight excluding hydrogens is 311 g/mol. The monoisotopic (exact) mass is 331 g/mol. The molecular formula is C15H20F3N3O2. The van der Waals surface area contributed by atoms with Crippen LogP contribution in [0.2, 0.25) is 0 Å². The van der Waals surface area contributed by atoms with Crippen LogP contribution in [0.5, 0.6) is 5.75 Å². The van der Waals surface area contributed by atoms with Gasteiger partial charge in [-0.25, -0.2) is 4.79 Å². The topological polar surface area (TPSA) is 53.6 Å². The molecule has 0 unspecified atom stereocenters. The molecule has 8 heteroatoms. The van der Waals surface area contributed by atoms with E-state index in [0.29, 0.717) is 24.7 Å². The highest BCUT2D eigenvalue weighted by molar-refractivity contribution is 5.89. The number of hydrogen-bond donors (Lipinski definition) is 2. The lowest BCUT2D eigenvalue weighted by Crippen LogP contribution is -2.42. The predicted octanol–water partition coefficient (Wildman–Crippen LogP) is 3.05. The molecule has 0 bridgehead atoms. The zero-order valence-corrected chi connectivity index (χ0v) is 12.8. The number of anilines is 1. The highest BCUT2D eigenvalue weighted by Gasteiger charge is 2.31. The van der Waals surface area contributed by atoms with E-state index in [1.807, 2.05) is 7.05 Å². The van der Waals surface area contributed by atoms with Crippen LogP contribution >= 0.6 is 0 Å². The highest BCUT2D eigenvalue weighted by atomic mass is 19.4. The van der Waals surface area contributed by atoms with Gasteiger partial charge >= 0.3 is 12.4 Å². The van der Waals surface area contributed by atoms with E-state index in [-0.39, 0.29) is 11.8 Å². The van der Waals surface area contributed by atoms with Crippen LogP contribution in [-0.2, 0) is 0 Å². The minimum atomic E-state index is -4.72. The molecule has 1 heterocycles. The second-order valence-corrected chi connectivity index (χ2v) is 5.49. The van der Waals surface area contributed by atoms with E-state index in [1.165, 1.54) is 24.3 Å². The Labute approximate surface area is 132 Å². The van der Waals surface area contributed by atoms with Crippen LogP contribution in [-0.4, -0.2) is 44.0 Å². The maximum absolute atomic E-state index is 12.1. The minimum absolute atomic E-state index is 0.239. The SMILES string of the molecule is CNCC1CCN(C(=O)Nc2ccc(OC(F)(F)F)cc2)CC1. The Morgan fingerprint density at radius 2 is 1.87 bits per heavy atom. The number of urea groups is 1. The maximum atomic E-state index is 12.1. The number of carbonyl (C=O) groups excluding carboxylic acids is 1. The number of carbonyl (C=O) groups is 1. The van der Waals surface area contributed by atoms with Crippen molar-refractivity contribution < 1.29 is 22.7 Å². The summed E-state index contributed by atoms with van der Waals surface area (Å²) in [4.78, 5) is 13.8. The van der Waals surface area contributed by atoms with Crippen LogP contribution in [0, 0.1) is 5.92 Å². The Morgan fingerprint density at radius 1 is 1.26 bits per heavy atom. The first-order valence-corrected chi connectivity index (χ1v) is 7.44. The van der Waals surface area contributed by atoms with Gasteiger partial charge in [0.25, 0.3) is 0 Å². The van der Waals surface area contributed by atoms with Gasteiger partial charge in [0.2, 0.25) is 0 Å². The van der Waals surface area contributed by atoms with E-state index >= 15 is 0 Å². The van der Waals surface area contributed by atoms with Crippen LogP contribution in [0.4, 0.5) is 23.7 Å². The summed E-state index contributed by atoms with van der Waals surface area (Å²) in [6.45, 7) is 2.29. The number of hydrogen-bond acceptors (Lipinski definition) is 3. The van der Waals surface area contributed by atoms with Crippen LogP contribution in [0.3, 0.4) is 0 Å². The third kappa shape index (κ3) is 5.63. The van der Waals surface area contributed by atoms with Gasteiger partial charge in [-0.1, -0.05) is 0 Å². The van der Waals surface area contributed by atoms with Gasteiger partial charge in [0, 0.05) is 18.8 Å². The molecule has 1 fully saturated rings. The van der Waals surface area contributed by atoms with Crippen molar-refractivity contribution in [2.24, 2.45) is 5.92 Å². The van der Waals surface area contributed by atoms with Crippen LogP contribution in [0.15, 0.2) is 24.3 Å². The molecule has 0 radical (unpaired) electrons. The fraction of sp³-hybridized carbons (Fsp3) is 0.533. The fourth-order valence-electron chi connectivity index (χ4n) is 2.57. The molecule has 5 nitrogen and oxygen atoms in total. The first-order valence-electron chi connectivity index (χ1n) is 7.44. The number of benzene rings is 1. The van der Waals surface area contributed by atoms with Gasteiger partial charge < -0.3 is 20.3 Å². The number of ether oxygens (including phenoxy) is 1. The van der Waals surface area contributed by atoms with Gasteiger partial charge in [0.15, 0.2) is 0 Å². The normalized spacial score (nSPS) is 16.3. The van der Waals surface area contributed by atoms with Crippen molar-refractivity contribution in [1.29, 1.82) is 0 Å². The van der Waals surface area contributed by atoms with Crippen molar-refractivity contribution in [1.82, 2.24) is 10.2 Å². The molecule has 1 aliphatic rings. The van der Waals surface area contributed by atoms with Gasteiger partial charge in [0.05, 0.1) is 0 Å². The molecule has 1 aromatic rings. The summed E-state index contributed by atoms with van der Waals surface area (Å²) in [7, 11) is 1.91.